The van der Waals surface area contributed by atoms with Crippen LogP contribution in [0.5, 0.6) is 0 Å². The average molecular weight is 461 g/mol. The molecule has 4 aromatic rings. The minimum absolute atomic E-state index is 0.105. The first kappa shape index (κ1) is 19.4. The van der Waals surface area contributed by atoms with E-state index in [2.05, 4.69) is 15.1 Å². The predicted molar refractivity (Wildman–Crippen MR) is 116 cm³/mol. The molecule has 1 atom stereocenters. The fourth-order valence-electron chi connectivity index (χ4n) is 3.28. The average Bonchev–Trinajstić information content (AvgIpc) is 3.52. The molecule has 152 valence electrons. The van der Waals surface area contributed by atoms with Gasteiger partial charge in [0.05, 0.1) is 33.4 Å². The number of benzene rings is 1. The van der Waals surface area contributed by atoms with Gasteiger partial charge >= 0.3 is 0 Å². The highest BCUT2D eigenvalue weighted by atomic mass is 32.2. The molecule has 1 N–H and O–H groups in total. The van der Waals surface area contributed by atoms with Crippen LogP contribution in [0.1, 0.15) is 22.2 Å². The van der Waals surface area contributed by atoms with Gasteiger partial charge in [-0.3, -0.25) is 4.79 Å². The number of aromatic nitrogens is 2. The minimum Gasteiger partial charge on any atom is -0.333 e. The van der Waals surface area contributed by atoms with Gasteiger partial charge in [-0.1, -0.05) is 23.9 Å². The lowest BCUT2D eigenvalue weighted by Crippen LogP contribution is -2.28. The number of fused-ring (bicyclic) bond motifs is 1. The number of amides is 1. The molecule has 1 aliphatic heterocycles. The number of hydrogen-bond acceptors (Lipinski definition) is 6. The van der Waals surface area contributed by atoms with Crippen LogP contribution >= 0.6 is 34.4 Å². The normalized spacial score (nSPS) is 16.4. The highest BCUT2D eigenvalue weighted by Crippen LogP contribution is 2.36. The van der Waals surface area contributed by atoms with E-state index in [1.807, 2.05) is 35.0 Å². The molecule has 0 fully saturated rings. The molecular formula is C20H14F2N4OS3. The van der Waals surface area contributed by atoms with Gasteiger partial charge in [-0.25, -0.2) is 18.8 Å². The van der Waals surface area contributed by atoms with E-state index in [1.54, 1.807) is 27.7 Å². The Bertz CT molecular complexity index is 1200. The number of thioether (sulfide) groups is 1. The van der Waals surface area contributed by atoms with Crippen molar-refractivity contribution in [2.45, 2.75) is 17.6 Å². The minimum atomic E-state index is -0.951. The van der Waals surface area contributed by atoms with Crippen LogP contribution in [0.25, 0.3) is 11.0 Å². The zero-order valence-corrected chi connectivity index (χ0v) is 17.8. The SMILES string of the molecule is O=C(CSc1nc2cc(F)c(F)cc2[nH]1)N1N=C(c2cccs2)CC1c1cccs1. The summed E-state index contributed by atoms with van der Waals surface area (Å²) in [5, 5.41) is 10.6. The van der Waals surface area contributed by atoms with Crippen molar-refractivity contribution in [1.82, 2.24) is 15.0 Å². The molecule has 3 aromatic heterocycles. The lowest BCUT2D eigenvalue weighted by Gasteiger charge is -2.20. The number of halogens is 2. The van der Waals surface area contributed by atoms with Gasteiger partial charge in [-0.2, -0.15) is 5.10 Å². The lowest BCUT2D eigenvalue weighted by molar-refractivity contribution is -0.130. The number of hydrogen-bond donors (Lipinski definition) is 1. The molecule has 0 radical (unpaired) electrons. The molecule has 0 aliphatic carbocycles. The summed E-state index contributed by atoms with van der Waals surface area (Å²) in [6.07, 6.45) is 0.667. The van der Waals surface area contributed by atoms with E-state index in [9.17, 15) is 13.6 Å². The fraction of sp³-hybridized carbons (Fsp3) is 0.150. The van der Waals surface area contributed by atoms with Crippen LogP contribution in [0.15, 0.2) is 57.4 Å². The van der Waals surface area contributed by atoms with Gasteiger partial charge in [0.15, 0.2) is 16.8 Å². The zero-order chi connectivity index (χ0) is 20.7. The van der Waals surface area contributed by atoms with Crippen molar-refractivity contribution in [2.24, 2.45) is 5.10 Å². The first-order chi connectivity index (χ1) is 14.6. The zero-order valence-electron chi connectivity index (χ0n) is 15.3. The summed E-state index contributed by atoms with van der Waals surface area (Å²) in [4.78, 5) is 22.3. The molecule has 10 heteroatoms. The second-order valence-corrected chi connectivity index (χ2v) is 9.50. The summed E-state index contributed by atoms with van der Waals surface area (Å²) in [6, 6.07) is 9.92. The van der Waals surface area contributed by atoms with Crippen molar-refractivity contribution in [1.29, 1.82) is 0 Å². The van der Waals surface area contributed by atoms with E-state index in [0.717, 1.165) is 27.6 Å². The molecule has 0 saturated carbocycles. The number of nitrogens with zero attached hydrogens (tertiary/aromatic N) is 3. The Labute approximate surface area is 182 Å². The smallest absolute Gasteiger partial charge is 0.253 e. The van der Waals surface area contributed by atoms with Crippen LogP contribution in [0.2, 0.25) is 0 Å². The first-order valence-electron chi connectivity index (χ1n) is 9.03. The van der Waals surface area contributed by atoms with Crippen LogP contribution in [0, 0.1) is 11.6 Å². The Balaban J connectivity index is 1.35. The fourth-order valence-corrected chi connectivity index (χ4v) is 5.55. The lowest BCUT2D eigenvalue weighted by atomic mass is 10.1. The van der Waals surface area contributed by atoms with E-state index in [4.69, 9.17) is 0 Å². The molecule has 5 nitrogen and oxygen atoms in total. The molecule has 1 unspecified atom stereocenters. The maximum Gasteiger partial charge on any atom is 0.253 e. The largest absolute Gasteiger partial charge is 0.333 e. The molecule has 30 heavy (non-hydrogen) atoms. The first-order valence-corrected chi connectivity index (χ1v) is 11.8. The summed E-state index contributed by atoms with van der Waals surface area (Å²) >= 11 is 4.39. The van der Waals surface area contributed by atoms with Crippen molar-refractivity contribution in [3.8, 4) is 0 Å². The van der Waals surface area contributed by atoms with Gasteiger partial charge in [0.1, 0.15) is 0 Å². The third-order valence-corrected chi connectivity index (χ3v) is 7.43. The van der Waals surface area contributed by atoms with Crippen LogP contribution in [0.4, 0.5) is 8.78 Å². The van der Waals surface area contributed by atoms with Gasteiger partial charge in [0.2, 0.25) is 0 Å². The van der Waals surface area contributed by atoms with Crippen LogP contribution in [-0.4, -0.2) is 32.3 Å². The van der Waals surface area contributed by atoms with Crippen molar-refractivity contribution in [3.63, 3.8) is 0 Å². The van der Waals surface area contributed by atoms with Crippen molar-refractivity contribution < 1.29 is 13.6 Å². The molecule has 5 rings (SSSR count). The molecule has 0 bridgehead atoms. The summed E-state index contributed by atoms with van der Waals surface area (Å²) < 4.78 is 26.8. The number of thiophene rings is 2. The van der Waals surface area contributed by atoms with Crippen molar-refractivity contribution >= 4 is 57.1 Å². The van der Waals surface area contributed by atoms with Gasteiger partial charge in [-0.05, 0) is 22.9 Å². The van der Waals surface area contributed by atoms with Crippen LogP contribution in [0.3, 0.4) is 0 Å². The molecular weight excluding hydrogens is 446 g/mol. The monoisotopic (exact) mass is 460 g/mol. The molecule has 4 heterocycles. The number of hydrazone groups is 1. The third kappa shape index (κ3) is 3.66. The number of carbonyl (C=O) groups is 1. The maximum atomic E-state index is 13.4. The van der Waals surface area contributed by atoms with E-state index in [0.29, 0.717) is 22.6 Å². The quantitative estimate of drug-likeness (QED) is 0.404. The molecule has 0 saturated heterocycles. The van der Waals surface area contributed by atoms with E-state index < -0.39 is 11.6 Å². The highest BCUT2D eigenvalue weighted by molar-refractivity contribution is 7.99. The second-order valence-electron chi connectivity index (χ2n) is 6.61. The standard InChI is InChI=1S/C20H14F2N4OS3/c21-11-7-13-14(8-12(11)22)24-20(23-13)30-10-19(27)26-16(18-4-2-6-29-18)9-15(25-26)17-3-1-5-28-17/h1-8,16H,9-10H2,(H,23,24). The van der Waals surface area contributed by atoms with Crippen molar-refractivity contribution in [2.75, 3.05) is 5.75 Å². The van der Waals surface area contributed by atoms with Gasteiger partial charge < -0.3 is 4.98 Å². The maximum absolute atomic E-state index is 13.4. The van der Waals surface area contributed by atoms with E-state index in [1.165, 1.54) is 11.8 Å². The molecule has 1 aromatic carbocycles. The molecule has 1 aliphatic rings. The highest BCUT2D eigenvalue weighted by Gasteiger charge is 2.34. The number of H-pyrrole nitrogens is 1. The van der Waals surface area contributed by atoms with Crippen molar-refractivity contribution in [3.05, 3.63) is 68.5 Å². The van der Waals surface area contributed by atoms with Gasteiger partial charge in [0, 0.05) is 23.4 Å². The molecule has 0 spiro atoms. The Morgan fingerprint density at radius 3 is 2.77 bits per heavy atom. The number of carbonyl (C=O) groups excluding carboxylic acids is 1. The topological polar surface area (TPSA) is 61.4 Å². The Kier molecular flexibility index (Phi) is 5.13. The predicted octanol–water partition coefficient (Wildman–Crippen LogP) is 5.43. The van der Waals surface area contributed by atoms with E-state index in [-0.39, 0.29) is 17.7 Å². The number of nitrogens with one attached hydrogen (secondary N) is 1. The Hall–Kier alpha value is -2.56. The van der Waals surface area contributed by atoms with Gasteiger partial charge in [-0.15, -0.1) is 22.7 Å². The molecule has 1 amide bonds. The third-order valence-electron chi connectivity index (χ3n) is 4.68. The second kappa shape index (κ2) is 7.93. The number of imidazole rings is 1. The Morgan fingerprint density at radius 1 is 1.20 bits per heavy atom. The van der Waals surface area contributed by atoms with Crippen LogP contribution < -0.4 is 0 Å². The van der Waals surface area contributed by atoms with E-state index >= 15 is 0 Å². The number of rotatable bonds is 5. The summed E-state index contributed by atoms with van der Waals surface area (Å²) in [7, 11) is 0. The summed E-state index contributed by atoms with van der Waals surface area (Å²) in [6.45, 7) is 0. The van der Waals surface area contributed by atoms with Crippen LogP contribution in [-0.2, 0) is 4.79 Å². The Morgan fingerprint density at radius 2 is 2.00 bits per heavy atom. The van der Waals surface area contributed by atoms with Gasteiger partial charge in [0.25, 0.3) is 5.91 Å². The summed E-state index contributed by atoms with van der Waals surface area (Å²) in [5.41, 5.74) is 1.61. The summed E-state index contributed by atoms with van der Waals surface area (Å²) in [5.74, 6) is -1.94. The number of aromatic amines is 1.